The van der Waals surface area contributed by atoms with E-state index in [9.17, 15) is 17.6 Å². The van der Waals surface area contributed by atoms with Crippen LogP contribution in [0.25, 0.3) is 0 Å². The highest BCUT2D eigenvalue weighted by molar-refractivity contribution is 6.00. The fraction of sp³-hybridized carbons (Fsp3) is 0.111. The summed E-state index contributed by atoms with van der Waals surface area (Å²) in [6.07, 6.45) is 0. The molecule has 0 aliphatic heterocycles. The SMILES string of the molecule is CN=C(N)N=C(N)Nc1c(F)cc(F)c(F)c1F. The van der Waals surface area contributed by atoms with Gasteiger partial charge in [-0.2, -0.15) is 4.99 Å². The number of nitrogens with zero attached hydrogens (tertiary/aromatic N) is 2. The van der Waals surface area contributed by atoms with Crippen LogP contribution in [0.15, 0.2) is 16.1 Å². The Morgan fingerprint density at radius 3 is 2.28 bits per heavy atom. The average molecular weight is 263 g/mol. The molecule has 0 amide bonds. The molecule has 5 N–H and O–H groups in total. The molecular formula is C9H9F4N5. The largest absolute Gasteiger partial charge is 0.369 e. The normalized spacial score (nSPS) is 12.7. The summed E-state index contributed by atoms with van der Waals surface area (Å²) in [5, 5.41) is 1.92. The lowest BCUT2D eigenvalue weighted by Gasteiger charge is -2.08. The number of nitrogens with two attached hydrogens (primary N) is 2. The third-order valence-corrected chi connectivity index (χ3v) is 1.83. The number of benzene rings is 1. The summed E-state index contributed by atoms with van der Waals surface area (Å²) >= 11 is 0. The van der Waals surface area contributed by atoms with E-state index in [2.05, 4.69) is 9.98 Å². The summed E-state index contributed by atoms with van der Waals surface area (Å²) in [7, 11) is 1.31. The van der Waals surface area contributed by atoms with Crippen LogP contribution in [0.4, 0.5) is 23.2 Å². The van der Waals surface area contributed by atoms with Crippen molar-refractivity contribution in [2.24, 2.45) is 21.5 Å². The van der Waals surface area contributed by atoms with Gasteiger partial charge in [0.1, 0.15) is 5.69 Å². The molecule has 0 aliphatic carbocycles. The number of hydrogen-bond donors (Lipinski definition) is 3. The number of guanidine groups is 2. The smallest absolute Gasteiger partial charge is 0.218 e. The second-order valence-corrected chi connectivity index (χ2v) is 3.05. The summed E-state index contributed by atoms with van der Waals surface area (Å²) in [4.78, 5) is 6.80. The molecule has 9 heteroatoms. The Morgan fingerprint density at radius 1 is 1.11 bits per heavy atom. The zero-order valence-electron chi connectivity index (χ0n) is 9.14. The Hall–Kier alpha value is -2.32. The minimum absolute atomic E-state index is 0.172. The second kappa shape index (κ2) is 5.34. The van der Waals surface area contributed by atoms with Crippen molar-refractivity contribution >= 4 is 17.6 Å². The van der Waals surface area contributed by atoms with Gasteiger partial charge in [-0.3, -0.25) is 4.99 Å². The number of hydrogen-bond acceptors (Lipinski definition) is 1. The van der Waals surface area contributed by atoms with E-state index in [1.807, 2.05) is 5.32 Å². The Bertz CT molecular complexity index is 526. The standard InChI is InChI=1S/C9H9F4N5/c1-16-8(14)18-9(15)17-7-4(11)2-3(10)5(12)6(7)13/h2H,1H3,(H5,14,15,16,17,18). The van der Waals surface area contributed by atoms with E-state index >= 15 is 0 Å². The van der Waals surface area contributed by atoms with Crippen LogP contribution in [0, 0.1) is 23.3 Å². The lowest BCUT2D eigenvalue weighted by Crippen LogP contribution is -2.27. The third-order valence-electron chi connectivity index (χ3n) is 1.83. The Labute approximate surface area is 99.2 Å². The quantitative estimate of drug-likeness (QED) is 0.231. The summed E-state index contributed by atoms with van der Waals surface area (Å²) < 4.78 is 51.9. The molecule has 0 saturated heterocycles. The Balaban J connectivity index is 3.13. The van der Waals surface area contributed by atoms with E-state index in [0.29, 0.717) is 0 Å². The maximum absolute atomic E-state index is 13.2. The average Bonchev–Trinajstić information content (AvgIpc) is 2.31. The third kappa shape index (κ3) is 2.87. The molecule has 1 aromatic carbocycles. The summed E-state index contributed by atoms with van der Waals surface area (Å²) in [6.45, 7) is 0. The van der Waals surface area contributed by atoms with Gasteiger partial charge in [0.05, 0.1) is 0 Å². The molecule has 0 atom stereocenters. The zero-order chi connectivity index (χ0) is 13.9. The van der Waals surface area contributed by atoms with Crippen LogP contribution >= 0.6 is 0 Å². The summed E-state index contributed by atoms with van der Waals surface area (Å²) in [5.41, 5.74) is 9.44. The van der Waals surface area contributed by atoms with E-state index in [1.165, 1.54) is 7.05 Å². The minimum Gasteiger partial charge on any atom is -0.369 e. The van der Waals surface area contributed by atoms with Crippen molar-refractivity contribution in [2.75, 3.05) is 12.4 Å². The first-order valence-electron chi connectivity index (χ1n) is 4.53. The van der Waals surface area contributed by atoms with E-state index in [0.717, 1.165) is 0 Å². The van der Waals surface area contributed by atoms with Gasteiger partial charge in [-0.1, -0.05) is 0 Å². The van der Waals surface area contributed by atoms with Crippen molar-refractivity contribution in [1.82, 2.24) is 0 Å². The van der Waals surface area contributed by atoms with Gasteiger partial charge >= 0.3 is 0 Å². The van der Waals surface area contributed by atoms with E-state index in [4.69, 9.17) is 11.5 Å². The first kappa shape index (κ1) is 13.7. The summed E-state index contributed by atoms with van der Waals surface area (Å²) in [6, 6.07) is 0.172. The molecule has 0 saturated carbocycles. The van der Waals surface area contributed by atoms with Crippen LogP contribution < -0.4 is 16.8 Å². The molecule has 0 radical (unpaired) electrons. The molecule has 0 aromatic heterocycles. The Morgan fingerprint density at radius 2 is 1.72 bits per heavy atom. The van der Waals surface area contributed by atoms with Gasteiger partial charge in [-0.25, -0.2) is 17.6 Å². The van der Waals surface area contributed by atoms with Gasteiger partial charge < -0.3 is 16.8 Å². The number of nitrogens with one attached hydrogen (secondary N) is 1. The summed E-state index contributed by atoms with van der Waals surface area (Å²) in [5.74, 6) is -7.39. The number of halogens is 4. The molecule has 1 aromatic rings. The van der Waals surface area contributed by atoms with Crippen molar-refractivity contribution in [3.63, 3.8) is 0 Å². The van der Waals surface area contributed by atoms with Crippen molar-refractivity contribution in [3.8, 4) is 0 Å². The highest BCUT2D eigenvalue weighted by Gasteiger charge is 2.19. The lowest BCUT2D eigenvalue weighted by atomic mass is 10.2. The van der Waals surface area contributed by atoms with Crippen LogP contribution in [0.2, 0.25) is 0 Å². The van der Waals surface area contributed by atoms with Crippen molar-refractivity contribution in [1.29, 1.82) is 0 Å². The molecule has 5 nitrogen and oxygen atoms in total. The molecular weight excluding hydrogens is 254 g/mol. The molecule has 0 aliphatic rings. The maximum atomic E-state index is 13.2. The van der Waals surface area contributed by atoms with Crippen LogP contribution in [0.5, 0.6) is 0 Å². The van der Waals surface area contributed by atoms with Crippen LogP contribution in [-0.2, 0) is 0 Å². The topological polar surface area (TPSA) is 88.8 Å². The van der Waals surface area contributed by atoms with Crippen molar-refractivity contribution < 1.29 is 17.6 Å². The van der Waals surface area contributed by atoms with Crippen LogP contribution in [0.1, 0.15) is 0 Å². The first-order valence-corrected chi connectivity index (χ1v) is 4.53. The fourth-order valence-corrected chi connectivity index (χ4v) is 1.01. The van der Waals surface area contributed by atoms with Crippen LogP contribution in [0.3, 0.4) is 0 Å². The van der Waals surface area contributed by atoms with E-state index < -0.39 is 34.9 Å². The monoisotopic (exact) mass is 263 g/mol. The van der Waals surface area contributed by atoms with Crippen LogP contribution in [-0.4, -0.2) is 19.0 Å². The molecule has 0 bridgehead atoms. The molecule has 1 rings (SSSR count). The van der Waals surface area contributed by atoms with Crippen molar-refractivity contribution in [3.05, 3.63) is 29.3 Å². The molecule has 0 unspecified atom stereocenters. The highest BCUT2D eigenvalue weighted by atomic mass is 19.2. The van der Waals surface area contributed by atoms with Gasteiger partial charge in [0, 0.05) is 13.1 Å². The van der Waals surface area contributed by atoms with Gasteiger partial charge in [-0.15, -0.1) is 0 Å². The first-order chi connectivity index (χ1) is 8.36. The molecule has 0 spiro atoms. The number of anilines is 1. The number of aliphatic imine (C=N–C) groups is 2. The van der Waals surface area contributed by atoms with Gasteiger partial charge in [-0.05, 0) is 0 Å². The highest BCUT2D eigenvalue weighted by Crippen LogP contribution is 2.23. The Kier molecular flexibility index (Phi) is 4.08. The zero-order valence-corrected chi connectivity index (χ0v) is 9.14. The second-order valence-electron chi connectivity index (χ2n) is 3.05. The maximum Gasteiger partial charge on any atom is 0.218 e. The number of rotatable bonds is 1. The van der Waals surface area contributed by atoms with E-state index in [1.54, 1.807) is 0 Å². The predicted molar refractivity (Wildman–Crippen MR) is 59.1 cm³/mol. The molecule has 0 heterocycles. The predicted octanol–water partition coefficient (Wildman–Crippen LogP) is 0.914. The molecule has 0 fully saturated rings. The lowest BCUT2D eigenvalue weighted by molar-refractivity contribution is 0.438. The molecule has 18 heavy (non-hydrogen) atoms. The fourth-order valence-electron chi connectivity index (χ4n) is 1.01. The van der Waals surface area contributed by atoms with Gasteiger partial charge in [0.15, 0.2) is 23.3 Å². The van der Waals surface area contributed by atoms with Gasteiger partial charge in [0.25, 0.3) is 0 Å². The minimum atomic E-state index is -1.83. The van der Waals surface area contributed by atoms with Gasteiger partial charge in [0.2, 0.25) is 11.9 Å². The molecule has 98 valence electrons. The van der Waals surface area contributed by atoms with E-state index in [-0.39, 0.29) is 12.0 Å². The van der Waals surface area contributed by atoms with Crippen molar-refractivity contribution in [2.45, 2.75) is 0 Å².